The van der Waals surface area contributed by atoms with Crippen molar-refractivity contribution in [2.24, 2.45) is 0 Å². The summed E-state index contributed by atoms with van der Waals surface area (Å²) in [7, 11) is 1.70. The van der Waals surface area contributed by atoms with Crippen molar-refractivity contribution >= 4 is 17.2 Å². The van der Waals surface area contributed by atoms with E-state index < -0.39 is 5.60 Å². The Bertz CT molecular complexity index is 1010. The van der Waals surface area contributed by atoms with Gasteiger partial charge in [-0.15, -0.1) is 0 Å². The number of benzene rings is 2. The first-order chi connectivity index (χ1) is 14.9. The molecule has 2 aromatic rings. The molecule has 31 heavy (non-hydrogen) atoms. The Labute approximate surface area is 184 Å². The zero-order chi connectivity index (χ0) is 21.8. The number of rotatable bonds is 3. The fourth-order valence-electron chi connectivity index (χ4n) is 5.71. The second-order valence-electron chi connectivity index (χ2n) is 9.23. The number of carbonyl (C=O) groups is 1. The molecule has 5 nitrogen and oxygen atoms in total. The van der Waals surface area contributed by atoms with Crippen molar-refractivity contribution in [3.8, 4) is 11.5 Å². The van der Waals surface area contributed by atoms with E-state index in [1.807, 2.05) is 12.1 Å². The van der Waals surface area contributed by atoms with E-state index in [1.54, 1.807) is 7.11 Å². The molecule has 2 aliphatic heterocycles. The number of piperazine rings is 1. The number of Topliss-reactive ketones (excluding diaryl/α,β-unsaturated/α-hetero) is 1. The number of carbonyl (C=O) groups excluding carboxylic acids is 1. The third kappa shape index (κ3) is 3.08. The molecule has 2 fully saturated rings. The Morgan fingerprint density at radius 1 is 0.871 bits per heavy atom. The first kappa shape index (κ1) is 20.2. The van der Waals surface area contributed by atoms with Crippen LogP contribution in [0.1, 0.15) is 52.7 Å². The van der Waals surface area contributed by atoms with Gasteiger partial charge in [0.15, 0.2) is 5.60 Å². The van der Waals surface area contributed by atoms with Crippen LogP contribution in [0.15, 0.2) is 24.3 Å². The Hall–Kier alpha value is -2.69. The van der Waals surface area contributed by atoms with E-state index in [4.69, 9.17) is 9.47 Å². The van der Waals surface area contributed by atoms with E-state index in [0.29, 0.717) is 0 Å². The molecule has 2 heterocycles. The maximum absolute atomic E-state index is 13.5. The fraction of sp³-hybridized carbons (Fsp3) is 0.500. The van der Waals surface area contributed by atoms with E-state index in [0.717, 1.165) is 80.1 Å². The lowest BCUT2D eigenvalue weighted by atomic mass is 9.88. The second-order valence-corrected chi connectivity index (χ2v) is 9.23. The number of nitrogens with zero attached hydrogens (tertiary/aromatic N) is 2. The molecule has 0 radical (unpaired) electrons. The molecular weight excluding hydrogens is 388 g/mol. The molecule has 0 aromatic heterocycles. The van der Waals surface area contributed by atoms with Gasteiger partial charge >= 0.3 is 0 Å². The van der Waals surface area contributed by atoms with E-state index >= 15 is 0 Å². The molecule has 1 saturated heterocycles. The highest BCUT2D eigenvalue weighted by atomic mass is 16.5. The summed E-state index contributed by atoms with van der Waals surface area (Å²) in [5, 5.41) is 0. The summed E-state index contributed by atoms with van der Waals surface area (Å²) < 4.78 is 11.7. The number of methoxy groups -OCH3 is 1. The maximum atomic E-state index is 13.5. The molecule has 5 heteroatoms. The summed E-state index contributed by atoms with van der Waals surface area (Å²) >= 11 is 0. The number of fused-ring (bicyclic) bond motifs is 1. The summed E-state index contributed by atoms with van der Waals surface area (Å²) in [6.07, 6.45) is 3.87. The predicted molar refractivity (Wildman–Crippen MR) is 124 cm³/mol. The molecule has 0 bridgehead atoms. The van der Waals surface area contributed by atoms with Crippen molar-refractivity contribution in [3.05, 3.63) is 46.5 Å². The predicted octanol–water partition coefficient (Wildman–Crippen LogP) is 4.83. The van der Waals surface area contributed by atoms with Crippen LogP contribution in [-0.2, 0) is 0 Å². The van der Waals surface area contributed by atoms with Gasteiger partial charge in [-0.1, -0.05) is 0 Å². The van der Waals surface area contributed by atoms with Crippen LogP contribution in [-0.4, -0.2) is 44.7 Å². The van der Waals surface area contributed by atoms with Crippen LogP contribution in [0.4, 0.5) is 11.4 Å². The quantitative estimate of drug-likeness (QED) is 0.711. The van der Waals surface area contributed by atoms with E-state index in [2.05, 4.69) is 42.7 Å². The summed E-state index contributed by atoms with van der Waals surface area (Å²) in [5.74, 6) is 1.95. The van der Waals surface area contributed by atoms with Crippen molar-refractivity contribution in [3.63, 3.8) is 0 Å². The molecule has 0 N–H and O–H groups in total. The van der Waals surface area contributed by atoms with Gasteiger partial charge in [-0.25, -0.2) is 0 Å². The first-order valence-electron chi connectivity index (χ1n) is 11.5. The third-order valence-electron chi connectivity index (χ3n) is 7.60. The molecule has 2 aromatic carbocycles. The van der Waals surface area contributed by atoms with Crippen LogP contribution in [0.3, 0.4) is 0 Å². The minimum absolute atomic E-state index is 0.221. The number of ether oxygens (including phenoxy) is 2. The van der Waals surface area contributed by atoms with Crippen LogP contribution in [0.5, 0.6) is 11.5 Å². The van der Waals surface area contributed by atoms with Crippen molar-refractivity contribution < 1.29 is 14.3 Å². The van der Waals surface area contributed by atoms with Gasteiger partial charge in [0.05, 0.1) is 12.7 Å². The fourth-order valence-corrected chi connectivity index (χ4v) is 5.71. The molecule has 0 atom stereocenters. The smallest absolute Gasteiger partial charge is 0.210 e. The average Bonchev–Trinajstić information content (AvgIpc) is 3.38. The summed E-state index contributed by atoms with van der Waals surface area (Å²) in [6.45, 7) is 10.2. The van der Waals surface area contributed by atoms with Crippen LogP contribution in [0, 0.1) is 20.8 Å². The van der Waals surface area contributed by atoms with Crippen molar-refractivity contribution in [2.45, 2.75) is 52.1 Å². The Morgan fingerprint density at radius 3 is 2.10 bits per heavy atom. The third-order valence-corrected chi connectivity index (χ3v) is 7.60. The lowest BCUT2D eigenvalue weighted by Gasteiger charge is -2.39. The van der Waals surface area contributed by atoms with Crippen LogP contribution >= 0.6 is 0 Å². The summed E-state index contributed by atoms with van der Waals surface area (Å²) in [6, 6.07) is 8.29. The van der Waals surface area contributed by atoms with Crippen molar-refractivity contribution in [1.29, 1.82) is 0 Å². The van der Waals surface area contributed by atoms with Gasteiger partial charge in [0.25, 0.3) is 0 Å². The molecule has 164 valence electrons. The molecule has 1 spiro atoms. The summed E-state index contributed by atoms with van der Waals surface area (Å²) in [5.41, 5.74) is 6.20. The van der Waals surface area contributed by atoms with Gasteiger partial charge < -0.3 is 19.3 Å². The molecule has 3 aliphatic rings. The van der Waals surface area contributed by atoms with Gasteiger partial charge in [0, 0.05) is 37.6 Å². The molecule has 0 unspecified atom stereocenters. The molecule has 5 rings (SSSR count). The highest BCUT2D eigenvalue weighted by molar-refractivity contribution is 6.10. The zero-order valence-electron chi connectivity index (χ0n) is 19.1. The van der Waals surface area contributed by atoms with Gasteiger partial charge in [-0.05, 0) is 87.4 Å². The zero-order valence-corrected chi connectivity index (χ0v) is 19.1. The molecule has 1 saturated carbocycles. The Balaban J connectivity index is 1.41. The lowest BCUT2D eigenvalue weighted by Crippen LogP contribution is -2.47. The van der Waals surface area contributed by atoms with E-state index in [-0.39, 0.29) is 5.78 Å². The van der Waals surface area contributed by atoms with Gasteiger partial charge in [-0.2, -0.15) is 0 Å². The SMILES string of the molecule is COc1ccc(N2CCN(c3c(C)c(C)c4c(c3C)C(=O)C3(CCCC3)O4)CC2)cc1. The average molecular weight is 421 g/mol. The van der Waals surface area contributed by atoms with E-state index in [1.165, 1.54) is 16.9 Å². The largest absolute Gasteiger partial charge is 0.497 e. The summed E-state index contributed by atoms with van der Waals surface area (Å²) in [4.78, 5) is 18.3. The molecule has 0 amide bonds. The first-order valence-corrected chi connectivity index (χ1v) is 11.5. The Kier molecular flexibility index (Phi) is 4.87. The van der Waals surface area contributed by atoms with Crippen LogP contribution in [0.25, 0.3) is 0 Å². The normalized spacial score (nSPS) is 19.7. The van der Waals surface area contributed by atoms with E-state index in [9.17, 15) is 4.79 Å². The minimum atomic E-state index is -0.587. The Morgan fingerprint density at radius 2 is 1.48 bits per heavy atom. The van der Waals surface area contributed by atoms with Gasteiger partial charge in [0.2, 0.25) is 5.78 Å². The second kappa shape index (κ2) is 7.47. The topological polar surface area (TPSA) is 42.0 Å². The standard InChI is InChI=1S/C26H32N2O3/c1-17-18(2)24-22(25(29)26(31-24)11-5-6-12-26)19(3)23(17)28-15-13-27(14-16-28)20-7-9-21(30-4)10-8-20/h7-10H,5-6,11-16H2,1-4H3. The molecule has 1 aliphatic carbocycles. The molecular formula is C26H32N2O3. The van der Waals surface area contributed by atoms with Crippen LogP contribution < -0.4 is 19.3 Å². The highest BCUT2D eigenvalue weighted by Gasteiger charge is 2.51. The number of anilines is 2. The van der Waals surface area contributed by atoms with Crippen molar-refractivity contribution in [2.75, 3.05) is 43.1 Å². The number of hydrogen-bond acceptors (Lipinski definition) is 5. The highest BCUT2D eigenvalue weighted by Crippen LogP contribution is 2.50. The maximum Gasteiger partial charge on any atom is 0.210 e. The minimum Gasteiger partial charge on any atom is -0.497 e. The van der Waals surface area contributed by atoms with Gasteiger partial charge in [-0.3, -0.25) is 4.79 Å². The number of hydrogen-bond donors (Lipinski definition) is 0. The van der Waals surface area contributed by atoms with Crippen LogP contribution in [0.2, 0.25) is 0 Å². The monoisotopic (exact) mass is 420 g/mol. The van der Waals surface area contributed by atoms with Crippen molar-refractivity contribution in [1.82, 2.24) is 0 Å². The number of ketones is 1. The lowest BCUT2D eigenvalue weighted by molar-refractivity contribution is 0.0585. The van der Waals surface area contributed by atoms with Gasteiger partial charge in [0.1, 0.15) is 11.5 Å².